The zero-order valence-corrected chi connectivity index (χ0v) is 20.1. The van der Waals surface area contributed by atoms with Gasteiger partial charge in [0.25, 0.3) is 0 Å². The van der Waals surface area contributed by atoms with Gasteiger partial charge in [-0.3, -0.25) is 24.2 Å². The predicted molar refractivity (Wildman–Crippen MR) is 126 cm³/mol. The van der Waals surface area contributed by atoms with Gasteiger partial charge < -0.3 is 42.9 Å². The Balaban J connectivity index is 2.98. The average Bonchev–Trinajstić information content (AvgIpc) is 3.30. The van der Waals surface area contributed by atoms with Crippen LogP contribution in [0.3, 0.4) is 0 Å². The SMILES string of the molecule is CC(C)C(NC(=O)C(CCC(=O)O)NC(=O)C(CCCN=C(N)N)NC(=O)C1CCCN1)C(=O)O. The standard InChI is InChI=1S/C21H37N7O7/c1-11(2)16(20(34)35)28-19(33)14(7-8-15(29)30)27-18(32)13(6-4-10-25-21(22)23)26-17(31)12-5-3-9-24-12/h11-14,16,24H,3-10H2,1-2H3,(H,26,31)(H,27,32)(H,28,33)(H,29,30)(H,34,35)(H4,22,23,25). The highest BCUT2D eigenvalue weighted by Crippen LogP contribution is 2.09. The van der Waals surface area contributed by atoms with Crippen LogP contribution in [0.5, 0.6) is 0 Å². The molecule has 1 aliphatic rings. The number of carboxylic acid groups (broad SMARTS) is 2. The molecule has 1 rings (SSSR count). The molecule has 1 aliphatic heterocycles. The van der Waals surface area contributed by atoms with E-state index in [0.29, 0.717) is 19.4 Å². The van der Waals surface area contributed by atoms with E-state index in [1.54, 1.807) is 13.8 Å². The van der Waals surface area contributed by atoms with Gasteiger partial charge in [-0.2, -0.15) is 0 Å². The van der Waals surface area contributed by atoms with Crippen LogP contribution >= 0.6 is 0 Å². The topological polar surface area (TPSA) is 238 Å². The molecule has 0 spiro atoms. The van der Waals surface area contributed by atoms with E-state index >= 15 is 0 Å². The summed E-state index contributed by atoms with van der Waals surface area (Å²) >= 11 is 0. The summed E-state index contributed by atoms with van der Waals surface area (Å²) in [5, 5.41) is 28.9. The van der Waals surface area contributed by atoms with Crippen LogP contribution < -0.4 is 32.7 Å². The summed E-state index contributed by atoms with van der Waals surface area (Å²) in [7, 11) is 0. The molecule has 1 saturated heterocycles. The van der Waals surface area contributed by atoms with Crippen LogP contribution in [-0.2, 0) is 24.0 Å². The number of aliphatic imine (C=N–C) groups is 1. The van der Waals surface area contributed by atoms with Gasteiger partial charge in [0, 0.05) is 13.0 Å². The molecule has 1 fully saturated rings. The van der Waals surface area contributed by atoms with E-state index in [-0.39, 0.29) is 31.3 Å². The molecule has 35 heavy (non-hydrogen) atoms. The summed E-state index contributed by atoms with van der Waals surface area (Å²) in [5.41, 5.74) is 10.6. The summed E-state index contributed by atoms with van der Waals surface area (Å²) < 4.78 is 0. The highest BCUT2D eigenvalue weighted by Gasteiger charge is 2.32. The number of carbonyl (C=O) groups excluding carboxylic acids is 3. The molecular weight excluding hydrogens is 462 g/mol. The minimum atomic E-state index is -1.32. The van der Waals surface area contributed by atoms with Crippen LogP contribution in [-0.4, -0.2) is 83.1 Å². The van der Waals surface area contributed by atoms with E-state index in [2.05, 4.69) is 26.3 Å². The van der Waals surface area contributed by atoms with Crippen molar-refractivity contribution in [2.45, 2.75) is 76.5 Å². The Hall–Kier alpha value is -3.42. The third-order valence-corrected chi connectivity index (χ3v) is 5.47. The van der Waals surface area contributed by atoms with Crippen LogP contribution in [0.25, 0.3) is 0 Å². The fourth-order valence-electron chi connectivity index (χ4n) is 3.53. The molecule has 0 aromatic rings. The molecule has 14 heteroatoms. The van der Waals surface area contributed by atoms with Crippen molar-refractivity contribution in [3.8, 4) is 0 Å². The van der Waals surface area contributed by atoms with Crippen molar-refractivity contribution in [3.05, 3.63) is 0 Å². The molecule has 4 unspecified atom stereocenters. The zero-order chi connectivity index (χ0) is 26.5. The maximum absolute atomic E-state index is 13.1. The summed E-state index contributed by atoms with van der Waals surface area (Å²) in [4.78, 5) is 64.8. The molecule has 198 valence electrons. The van der Waals surface area contributed by atoms with E-state index < -0.39 is 60.3 Å². The zero-order valence-electron chi connectivity index (χ0n) is 20.1. The van der Waals surface area contributed by atoms with Crippen LogP contribution in [0.2, 0.25) is 0 Å². The van der Waals surface area contributed by atoms with E-state index in [1.165, 1.54) is 0 Å². The summed E-state index contributed by atoms with van der Waals surface area (Å²) in [6.07, 6.45) is 1.22. The third-order valence-electron chi connectivity index (χ3n) is 5.47. The molecule has 14 nitrogen and oxygen atoms in total. The Morgan fingerprint density at radius 2 is 1.63 bits per heavy atom. The van der Waals surface area contributed by atoms with E-state index in [4.69, 9.17) is 16.6 Å². The summed E-state index contributed by atoms with van der Waals surface area (Å²) in [6.45, 7) is 4.09. The van der Waals surface area contributed by atoms with Gasteiger partial charge >= 0.3 is 11.9 Å². The Labute approximate surface area is 203 Å². The van der Waals surface area contributed by atoms with Gasteiger partial charge in [-0.25, -0.2) is 4.79 Å². The van der Waals surface area contributed by atoms with Crippen molar-refractivity contribution in [1.29, 1.82) is 0 Å². The molecule has 0 saturated carbocycles. The molecule has 0 aromatic carbocycles. The number of amides is 3. The second-order valence-electron chi connectivity index (χ2n) is 8.72. The molecule has 0 aromatic heterocycles. The van der Waals surface area contributed by atoms with Crippen molar-refractivity contribution >= 4 is 35.6 Å². The lowest BCUT2D eigenvalue weighted by molar-refractivity contribution is -0.144. The molecule has 0 radical (unpaired) electrons. The molecule has 0 bridgehead atoms. The second-order valence-corrected chi connectivity index (χ2v) is 8.72. The first kappa shape index (κ1) is 29.6. The largest absolute Gasteiger partial charge is 0.481 e. The van der Waals surface area contributed by atoms with Gasteiger partial charge in [-0.1, -0.05) is 13.8 Å². The van der Waals surface area contributed by atoms with Crippen LogP contribution in [0, 0.1) is 5.92 Å². The van der Waals surface area contributed by atoms with Gasteiger partial charge in [0.1, 0.15) is 18.1 Å². The van der Waals surface area contributed by atoms with Gasteiger partial charge in [0.05, 0.1) is 6.04 Å². The summed E-state index contributed by atoms with van der Waals surface area (Å²) in [5.74, 6) is -4.92. The van der Waals surface area contributed by atoms with Crippen LogP contribution in [0.1, 0.15) is 52.4 Å². The number of nitrogens with one attached hydrogen (secondary N) is 4. The number of carboxylic acids is 2. The van der Waals surface area contributed by atoms with Crippen molar-refractivity contribution in [2.24, 2.45) is 22.4 Å². The lowest BCUT2D eigenvalue weighted by Gasteiger charge is -2.26. The van der Waals surface area contributed by atoms with Crippen molar-refractivity contribution in [2.75, 3.05) is 13.1 Å². The molecule has 0 aliphatic carbocycles. The van der Waals surface area contributed by atoms with E-state index in [0.717, 1.165) is 6.42 Å². The maximum Gasteiger partial charge on any atom is 0.326 e. The van der Waals surface area contributed by atoms with E-state index in [9.17, 15) is 29.1 Å². The molecule has 1 heterocycles. The van der Waals surface area contributed by atoms with Crippen molar-refractivity contribution in [1.82, 2.24) is 21.3 Å². The highest BCUT2D eigenvalue weighted by atomic mass is 16.4. The molecular formula is C21H37N7O7. The molecule has 3 amide bonds. The minimum absolute atomic E-state index is 0.117. The van der Waals surface area contributed by atoms with Crippen LogP contribution in [0.15, 0.2) is 4.99 Å². The fourth-order valence-corrected chi connectivity index (χ4v) is 3.53. The number of carbonyl (C=O) groups is 5. The summed E-state index contributed by atoms with van der Waals surface area (Å²) in [6, 6.07) is -4.03. The number of nitrogens with zero attached hydrogens (tertiary/aromatic N) is 1. The van der Waals surface area contributed by atoms with Gasteiger partial charge in [-0.15, -0.1) is 0 Å². The number of nitrogens with two attached hydrogens (primary N) is 2. The quantitative estimate of drug-likeness (QED) is 0.0690. The predicted octanol–water partition coefficient (Wildman–Crippen LogP) is -2.15. The Morgan fingerprint density at radius 3 is 2.14 bits per heavy atom. The lowest BCUT2D eigenvalue weighted by Crippen LogP contribution is -2.57. The second kappa shape index (κ2) is 14.8. The first-order valence-electron chi connectivity index (χ1n) is 11.6. The Morgan fingerprint density at radius 1 is 1.00 bits per heavy atom. The minimum Gasteiger partial charge on any atom is -0.481 e. The van der Waals surface area contributed by atoms with E-state index in [1.807, 2.05) is 0 Å². The highest BCUT2D eigenvalue weighted by molar-refractivity contribution is 5.94. The number of hydrogen-bond acceptors (Lipinski definition) is 7. The first-order chi connectivity index (χ1) is 16.4. The monoisotopic (exact) mass is 499 g/mol. The average molecular weight is 500 g/mol. The maximum atomic E-state index is 13.1. The Bertz CT molecular complexity index is 793. The normalized spacial score (nSPS) is 17.6. The van der Waals surface area contributed by atoms with Crippen LogP contribution in [0.4, 0.5) is 0 Å². The number of rotatable bonds is 15. The lowest BCUT2D eigenvalue weighted by atomic mass is 10.0. The van der Waals surface area contributed by atoms with Crippen molar-refractivity contribution in [3.63, 3.8) is 0 Å². The van der Waals surface area contributed by atoms with Gasteiger partial charge in [0.2, 0.25) is 17.7 Å². The fraction of sp³-hybridized carbons (Fsp3) is 0.714. The smallest absolute Gasteiger partial charge is 0.326 e. The molecule has 10 N–H and O–H groups in total. The number of guanidine groups is 1. The Kier molecular flexibility index (Phi) is 12.5. The number of aliphatic carboxylic acids is 2. The first-order valence-corrected chi connectivity index (χ1v) is 11.6. The third kappa shape index (κ3) is 11.0. The van der Waals surface area contributed by atoms with Gasteiger partial charge in [-0.05, 0) is 44.6 Å². The molecule has 4 atom stereocenters. The van der Waals surface area contributed by atoms with Gasteiger partial charge in [0.15, 0.2) is 5.96 Å². The van der Waals surface area contributed by atoms with Crippen molar-refractivity contribution < 1.29 is 34.2 Å². The number of hydrogen-bond donors (Lipinski definition) is 8.